The number of carbonyl (C=O) groups excluding carboxylic acids is 3. The number of ketones is 1. The zero-order valence-corrected chi connectivity index (χ0v) is 19.5. The third-order valence-corrected chi connectivity index (χ3v) is 5.61. The Morgan fingerprint density at radius 3 is 2.26 bits per heavy atom. The number of Topliss-reactive ketones (excluding diaryl/α,β-unsaturated/α-hetero) is 1. The van der Waals surface area contributed by atoms with Crippen molar-refractivity contribution in [2.75, 3.05) is 13.2 Å². The van der Waals surface area contributed by atoms with E-state index in [4.69, 9.17) is 14.7 Å². The largest absolute Gasteiger partial charge is 0.460 e. The molecule has 3 aromatic rings. The summed E-state index contributed by atoms with van der Waals surface area (Å²) in [5.74, 6) is -1.76. The van der Waals surface area contributed by atoms with Gasteiger partial charge in [0.2, 0.25) is 5.78 Å². The normalized spacial score (nSPS) is 10.8. The quantitative estimate of drug-likeness (QED) is 0.156. The molecule has 0 atom stereocenters. The summed E-state index contributed by atoms with van der Waals surface area (Å²) >= 11 is 1.34. The summed E-state index contributed by atoms with van der Waals surface area (Å²) < 4.78 is 4.87. The molecule has 0 saturated heterocycles. The lowest BCUT2D eigenvalue weighted by Crippen LogP contribution is -2.14. The van der Waals surface area contributed by atoms with Crippen LogP contribution in [0.5, 0.6) is 0 Å². The standard InChI is InChI=1S/C26H20N2O6S/c1-17(28-34-26(32)18-5-3-2-4-6-18)24(30)23-12-11-22(15-20(23)16-27)35-21-9-7-19(8-10-21)25(31)33-14-13-29/h2-12,15,29H,13-14H2,1H3/b28-17+. The third kappa shape index (κ3) is 6.86. The molecule has 0 saturated carbocycles. The summed E-state index contributed by atoms with van der Waals surface area (Å²) in [5, 5.41) is 21.9. The Morgan fingerprint density at radius 2 is 1.60 bits per heavy atom. The second-order valence-corrected chi connectivity index (χ2v) is 8.20. The van der Waals surface area contributed by atoms with Crippen molar-refractivity contribution in [3.8, 4) is 6.07 Å². The zero-order chi connectivity index (χ0) is 25.2. The molecule has 0 bridgehead atoms. The molecule has 8 nitrogen and oxygen atoms in total. The summed E-state index contributed by atoms with van der Waals surface area (Å²) in [5.41, 5.74) is 0.855. The van der Waals surface area contributed by atoms with Crippen LogP contribution in [0.4, 0.5) is 0 Å². The number of nitriles is 1. The smallest absolute Gasteiger partial charge is 0.365 e. The summed E-state index contributed by atoms with van der Waals surface area (Å²) in [6.45, 7) is 1.08. The van der Waals surface area contributed by atoms with Gasteiger partial charge in [0.25, 0.3) is 0 Å². The van der Waals surface area contributed by atoms with E-state index in [2.05, 4.69) is 5.16 Å². The van der Waals surface area contributed by atoms with E-state index in [1.807, 2.05) is 6.07 Å². The van der Waals surface area contributed by atoms with Crippen molar-refractivity contribution in [1.29, 1.82) is 5.26 Å². The van der Waals surface area contributed by atoms with E-state index in [9.17, 15) is 19.6 Å². The predicted octanol–water partition coefficient (Wildman–Crippen LogP) is 4.27. The molecule has 0 aliphatic carbocycles. The van der Waals surface area contributed by atoms with Crippen LogP contribution in [0.2, 0.25) is 0 Å². The second kappa shape index (κ2) is 12.3. The van der Waals surface area contributed by atoms with Crippen LogP contribution in [-0.4, -0.2) is 41.8 Å². The molecule has 0 aromatic heterocycles. The Morgan fingerprint density at radius 1 is 0.943 bits per heavy atom. The van der Waals surface area contributed by atoms with Gasteiger partial charge in [-0.05, 0) is 61.5 Å². The van der Waals surface area contributed by atoms with Crippen molar-refractivity contribution in [2.24, 2.45) is 5.16 Å². The van der Waals surface area contributed by atoms with Crippen LogP contribution in [0, 0.1) is 11.3 Å². The van der Waals surface area contributed by atoms with Crippen molar-refractivity contribution < 1.29 is 29.1 Å². The van der Waals surface area contributed by atoms with Crippen LogP contribution in [-0.2, 0) is 9.57 Å². The second-order valence-electron chi connectivity index (χ2n) is 7.06. The van der Waals surface area contributed by atoms with E-state index in [1.54, 1.807) is 66.7 Å². The maximum absolute atomic E-state index is 12.8. The van der Waals surface area contributed by atoms with Gasteiger partial charge < -0.3 is 14.7 Å². The van der Waals surface area contributed by atoms with Crippen molar-refractivity contribution in [3.63, 3.8) is 0 Å². The predicted molar refractivity (Wildman–Crippen MR) is 128 cm³/mol. The number of oxime groups is 1. The molecule has 9 heteroatoms. The first-order valence-corrected chi connectivity index (χ1v) is 11.2. The van der Waals surface area contributed by atoms with Gasteiger partial charge >= 0.3 is 11.9 Å². The zero-order valence-electron chi connectivity index (χ0n) is 18.6. The number of esters is 1. The Balaban J connectivity index is 1.69. The first kappa shape index (κ1) is 25.4. The lowest BCUT2D eigenvalue weighted by Gasteiger charge is -2.07. The first-order valence-electron chi connectivity index (χ1n) is 10.4. The minimum atomic E-state index is -0.697. The van der Waals surface area contributed by atoms with Gasteiger partial charge in [0.15, 0.2) is 0 Å². The number of nitrogens with zero attached hydrogens (tertiary/aromatic N) is 2. The average Bonchev–Trinajstić information content (AvgIpc) is 2.90. The Hall–Kier alpha value is -4.26. The molecule has 0 spiro atoms. The fourth-order valence-electron chi connectivity index (χ4n) is 2.87. The van der Waals surface area contributed by atoms with Crippen molar-refractivity contribution in [3.05, 3.63) is 95.1 Å². The molecule has 0 aliphatic rings. The molecular weight excluding hydrogens is 468 g/mol. The van der Waals surface area contributed by atoms with Crippen LogP contribution in [0.3, 0.4) is 0 Å². The highest BCUT2D eigenvalue weighted by molar-refractivity contribution is 7.99. The molecule has 1 N–H and O–H groups in total. The number of carbonyl (C=O) groups is 3. The molecule has 0 amide bonds. The summed E-state index contributed by atoms with van der Waals surface area (Å²) in [6, 6.07) is 21.7. The molecule has 0 heterocycles. The van der Waals surface area contributed by atoms with E-state index in [0.29, 0.717) is 16.0 Å². The third-order valence-electron chi connectivity index (χ3n) is 4.61. The van der Waals surface area contributed by atoms with Gasteiger partial charge in [0.1, 0.15) is 12.3 Å². The number of hydrogen-bond donors (Lipinski definition) is 1. The highest BCUT2D eigenvalue weighted by Gasteiger charge is 2.17. The van der Waals surface area contributed by atoms with E-state index in [-0.39, 0.29) is 30.1 Å². The molecule has 0 aliphatic heterocycles. The van der Waals surface area contributed by atoms with Crippen molar-refractivity contribution in [2.45, 2.75) is 16.7 Å². The number of aliphatic hydroxyl groups excluding tert-OH is 1. The Kier molecular flexibility index (Phi) is 8.89. The molecule has 3 aromatic carbocycles. The number of aliphatic hydroxyl groups is 1. The fourth-order valence-corrected chi connectivity index (χ4v) is 3.72. The topological polar surface area (TPSA) is 126 Å². The van der Waals surface area contributed by atoms with Crippen LogP contribution < -0.4 is 0 Å². The van der Waals surface area contributed by atoms with E-state index >= 15 is 0 Å². The molecule has 3 rings (SSSR count). The van der Waals surface area contributed by atoms with E-state index < -0.39 is 17.7 Å². The number of benzene rings is 3. The highest BCUT2D eigenvalue weighted by Crippen LogP contribution is 2.29. The molecule has 176 valence electrons. The maximum atomic E-state index is 12.8. The summed E-state index contributed by atoms with van der Waals surface area (Å²) in [4.78, 5) is 43.0. The Bertz CT molecular complexity index is 1300. The van der Waals surface area contributed by atoms with Crippen LogP contribution >= 0.6 is 11.8 Å². The van der Waals surface area contributed by atoms with Gasteiger partial charge in [0.05, 0.1) is 29.4 Å². The van der Waals surface area contributed by atoms with Crippen LogP contribution in [0.1, 0.15) is 43.6 Å². The summed E-state index contributed by atoms with van der Waals surface area (Å²) in [6.07, 6.45) is 0. The fraction of sp³-hybridized carbons (Fsp3) is 0.115. The number of rotatable bonds is 9. The molecule has 0 fully saturated rings. The van der Waals surface area contributed by atoms with Gasteiger partial charge in [-0.1, -0.05) is 35.1 Å². The van der Waals surface area contributed by atoms with E-state index in [0.717, 1.165) is 4.90 Å². The SMILES string of the molecule is C/C(=N\OC(=O)c1ccccc1)C(=O)c1ccc(Sc2ccc(C(=O)OCCO)cc2)cc1C#N. The van der Waals surface area contributed by atoms with Crippen LogP contribution in [0.25, 0.3) is 0 Å². The van der Waals surface area contributed by atoms with Gasteiger partial charge in [-0.15, -0.1) is 0 Å². The van der Waals surface area contributed by atoms with Crippen molar-refractivity contribution >= 4 is 35.2 Å². The van der Waals surface area contributed by atoms with Crippen molar-refractivity contribution in [1.82, 2.24) is 0 Å². The first-order chi connectivity index (χ1) is 16.9. The van der Waals surface area contributed by atoms with E-state index in [1.165, 1.54) is 24.8 Å². The molecule has 35 heavy (non-hydrogen) atoms. The number of ether oxygens (including phenoxy) is 1. The monoisotopic (exact) mass is 488 g/mol. The molecular formula is C26H20N2O6S. The van der Waals surface area contributed by atoms with Gasteiger partial charge in [-0.2, -0.15) is 5.26 Å². The average molecular weight is 489 g/mol. The van der Waals surface area contributed by atoms with Crippen LogP contribution in [0.15, 0.2) is 87.7 Å². The molecule has 0 radical (unpaired) electrons. The maximum Gasteiger partial charge on any atom is 0.365 e. The van der Waals surface area contributed by atoms with Gasteiger partial charge in [0, 0.05) is 15.4 Å². The lowest BCUT2D eigenvalue weighted by atomic mass is 10.0. The lowest BCUT2D eigenvalue weighted by molar-refractivity contribution is 0.0433. The van der Waals surface area contributed by atoms with Gasteiger partial charge in [-0.25, -0.2) is 9.59 Å². The van der Waals surface area contributed by atoms with Gasteiger partial charge in [-0.3, -0.25) is 4.79 Å². The summed E-state index contributed by atoms with van der Waals surface area (Å²) in [7, 11) is 0. The minimum absolute atomic E-state index is 0.0724. The molecule has 0 unspecified atom stereocenters. The highest BCUT2D eigenvalue weighted by atomic mass is 32.2. The minimum Gasteiger partial charge on any atom is -0.460 e. The number of hydrogen-bond acceptors (Lipinski definition) is 9. The Labute approximate surface area is 205 Å².